The molecule has 0 aliphatic rings. The Morgan fingerprint density at radius 3 is 2.09 bits per heavy atom. The van der Waals surface area contributed by atoms with Crippen molar-refractivity contribution in [2.45, 2.75) is 13.3 Å². The van der Waals surface area contributed by atoms with Crippen molar-refractivity contribution in [1.82, 2.24) is 4.98 Å². The fourth-order valence-corrected chi connectivity index (χ4v) is 3.68. The minimum atomic E-state index is -0.374. The van der Waals surface area contributed by atoms with Crippen LogP contribution >= 0.6 is 23.2 Å². The summed E-state index contributed by atoms with van der Waals surface area (Å²) in [6.45, 7) is 1.76. The SMILES string of the molecule is COc1cc(NC(=O)c2ccccc2)c(OC)cc1NC(=O)Cc1c(Cl)cc(C)nc1Cl. The van der Waals surface area contributed by atoms with E-state index in [0.29, 0.717) is 44.7 Å². The van der Waals surface area contributed by atoms with Crippen molar-refractivity contribution < 1.29 is 19.1 Å². The van der Waals surface area contributed by atoms with E-state index in [9.17, 15) is 9.59 Å². The number of nitrogens with one attached hydrogen (secondary N) is 2. The van der Waals surface area contributed by atoms with E-state index in [-0.39, 0.29) is 23.4 Å². The van der Waals surface area contributed by atoms with Crippen molar-refractivity contribution in [2.24, 2.45) is 0 Å². The van der Waals surface area contributed by atoms with Crippen LogP contribution in [0.3, 0.4) is 0 Å². The molecule has 2 amide bonds. The molecule has 0 atom stereocenters. The van der Waals surface area contributed by atoms with Crippen LogP contribution in [0.2, 0.25) is 10.2 Å². The Hall–Kier alpha value is -3.29. The molecule has 0 unspecified atom stereocenters. The second kappa shape index (κ2) is 10.3. The molecule has 0 spiro atoms. The zero-order valence-electron chi connectivity index (χ0n) is 17.7. The van der Waals surface area contributed by atoms with Crippen LogP contribution in [0.5, 0.6) is 11.5 Å². The van der Waals surface area contributed by atoms with Gasteiger partial charge in [-0.15, -0.1) is 0 Å². The van der Waals surface area contributed by atoms with Crippen LogP contribution < -0.4 is 20.1 Å². The van der Waals surface area contributed by atoms with E-state index in [1.807, 2.05) is 6.07 Å². The van der Waals surface area contributed by atoms with Gasteiger partial charge in [0.1, 0.15) is 16.7 Å². The number of rotatable bonds is 7. The molecular formula is C23H21Cl2N3O4. The van der Waals surface area contributed by atoms with E-state index in [1.54, 1.807) is 49.4 Å². The van der Waals surface area contributed by atoms with E-state index in [1.165, 1.54) is 14.2 Å². The summed E-state index contributed by atoms with van der Waals surface area (Å²) in [5.41, 5.74) is 2.33. The van der Waals surface area contributed by atoms with Gasteiger partial charge in [-0.25, -0.2) is 4.98 Å². The molecule has 9 heteroatoms. The molecule has 0 radical (unpaired) electrons. The number of benzene rings is 2. The molecule has 3 aromatic rings. The number of nitrogens with zero attached hydrogens (tertiary/aromatic N) is 1. The van der Waals surface area contributed by atoms with Crippen LogP contribution in [0, 0.1) is 6.92 Å². The lowest BCUT2D eigenvalue weighted by Crippen LogP contribution is -2.17. The Morgan fingerprint density at radius 2 is 1.53 bits per heavy atom. The number of methoxy groups -OCH3 is 2. The average Bonchev–Trinajstić information content (AvgIpc) is 2.77. The third-order valence-corrected chi connectivity index (χ3v) is 5.21. The Balaban J connectivity index is 1.83. The Bertz CT molecular complexity index is 1130. The lowest BCUT2D eigenvalue weighted by atomic mass is 10.1. The number of hydrogen-bond acceptors (Lipinski definition) is 5. The molecular weight excluding hydrogens is 453 g/mol. The van der Waals surface area contributed by atoms with E-state index >= 15 is 0 Å². The summed E-state index contributed by atoms with van der Waals surface area (Å²) in [6.07, 6.45) is -0.0804. The molecule has 0 aliphatic heterocycles. The lowest BCUT2D eigenvalue weighted by Gasteiger charge is -2.16. The smallest absolute Gasteiger partial charge is 0.255 e. The molecule has 0 saturated carbocycles. The third kappa shape index (κ3) is 5.49. The Labute approximate surface area is 195 Å². The minimum absolute atomic E-state index is 0.0804. The number of carbonyl (C=O) groups is 2. The Kier molecular flexibility index (Phi) is 7.56. The first-order valence-corrected chi connectivity index (χ1v) is 10.3. The minimum Gasteiger partial charge on any atom is -0.494 e. The predicted molar refractivity (Wildman–Crippen MR) is 125 cm³/mol. The molecule has 2 N–H and O–H groups in total. The summed E-state index contributed by atoms with van der Waals surface area (Å²) >= 11 is 12.4. The standard InChI is InChI=1S/C23H21Cl2N3O4/c1-13-9-16(24)15(22(25)26-13)10-21(29)27-17-11-20(32-3)18(12-19(17)31-2)28-23(30)14-7-5-4-6-8-14/h4-9,11-12H,10H2,1-3H3,(H,27,29)(H,28,30). The molecule has 166 valence electrons. The zero-order chi connectivity index (χ0) is 23.3. The van der Waals surface area contributed by atoms with Crippen molar-refractivity contribution in [3.8, 4) is 11.5 Å². The summed E-state index contributed by atoms with van der Waals surface area (Å²) in [5.74, 6) is -0.0000409. The highest BCUT2D eigenvalue weighted by molar-refractivity contribution is 6.35. The number of ether oxygens (including phenoxy) is 2. The monoisotopic (exact) mass is 473 g/mol. The molecule has 32 heavy (non-hydrogen) atoms. The van der Waals surface area contributed by atoms with Crippen LogP contribution in [0.1, 0.15) is 21.6 Å². The lowest BCUT2D eigenvalue weighted by molar-refractivity contribution is -0.115. The fraction of sp³-hybridized carbons (Fsp3) is 0.174. The van der Waals surface area contributed by atoms with Gasteiger partial charge < -0.3 is 20.1 Å². The van der Waals surface area contributed by atoms with Gasteiger partial charge >= 0.3 is 0 Å². The number of hydrogen-bond donors (Lipinski definition) is 2. The van der Waals surface area contributed by atoms with E-state index in [2.05, 4.69) is 15.6 Å². The van der Waals surface area contributed by atoms with Gasteiger partial charge in [0.25, 0.3) is 5.91 Å². The highest BCUT2D eigenvalue weighted by Crippen LogP contribution is 2.37. The van der Waals surface area contributed by atoms with Crippen LogP contribution in [0.25, 0.3) is 0 Å². The molecule has 1 aromatic heterocycles. The van der Waals surface area contributed by atoms with Crippen LogP contribution in [-0.4, -0.2) is 31.0 Å². The molecule has 0 fully saturated rings. The molecule has 0 aliphatic carbocycles. The predicted octanol–water partition coefficient (Wildman–Crippen LogP) is 5.15. The molecule has 3 rings (SSSR count). The topological polar surface area (TPSA) is 89.5 Å². The van der Waals surface area contributed by atoms with Gasteiger partial charge in [-0.3, -0.25) is 9.59 Å². The number of amides is 2. The molecule has 0 saturated heterocycles. The number of pyridine rings is 1. The molecule has 7 nitrogen and oxygen atoms in total. The largest absolute Gasteiger partial charge is 0.494 e. The average molecular weight is 474 g/mol. The van der Waals surface area contributed by atoms with Gasteiger partial charge in [-0.05, 0) is 25.1 Å². The van der Waals surface area contributed by atoms with Gasteiger partial charge in [0.2, 0.25) is 5.91 Å². The van der Waals surface area contributed by atoms with E-state index in [0.717, 1.165) is 0 Å². The maximum absolute atomic E-state index is 12.7. The molecule has 1 heterocycles. The summed E-state index contributed by atoms with van der Waals surface area (Å²) in [7, 11) is 2.92. The fourth-order valence-electron chi connectivity index (χ4n) is 3.01. The first-order chi connectivity index (χ1) is 15.3. The third-order valence-electron chi connectivity index (χ3n) is 4.56. The summed E-state index contributed by atoms with van der Waals surface area (Å²) in [6, 6.07) is 13.5. The van der Waals surface area contributed by atoms with Gasteiger partial charge in [0.05, 0.1) is 32.0 Å². The van der Waals surface area contributed by atoms with Gasteiger partial charge in [0.15, 0.2) is 0 Å². The van der Waals surface area contributed by atoms with Crippen molar-refractivity contribution in [3.05, 3.63) is 75.5 Å². The van der Waals surface area contributed by atoms with Gasteiger partial charge in [-0.1, -0.05) is 41.4 Å². The summed E-state index contributed by atoms with van der Waals surface area (Å²) in [5, 5.41) is 6.09. The maximum Gasteiger partial charge on any atom is 0.255 e. The number of anilines is 2. The van der Waals surface area contributed by atoms with Gasteiger partial charge in [-0.2, -0.15) is 0 Å². The number of aromatic nitrogens is 1. The Morgan fingerprint density at radius 1 is 0.938 bits per heavy atom. The normalized spacial score (nSPS) is 10.4. The molecule has 0 bridgehead atoms. The van der Waals surface area contributed by atoms with Crippen molar-refractivity contribution >= 4 is 46.4 Å². The number of carbonyl (C=O) groups excluding carboxylic acids is 2. The maximum atomic E-state index is 12.7. The van der Waals surface area contributed by atoms with E-state index in [4.69, 9.17) is 32.7 Å². The highest BCUT2D eigenvalue weighted by atomic mass is 35.5. The second-order valence-corrected chi connectivity index (χ2v) is 7.58. The number of aryl methyl sites for hydroxylation is 1. The van der Waals surface area contributed by atoms with Crippen molar-refractivity contribution in [3.63, 3.8) is 0 Å². The quantitative estimate of drug-likeness (QED) is 0.463. The van der Waals surface area contributed by atoms with E-state index < -0.39 is 0 Å². The molecule has 2 aromatic carbocycles. The van der Waals surface area contributed by atoms with Crippen LogP contribution in [0.15, 0.2) is 48.5 Å². The first-order valence-electron chi connectivity index (χ1n) is 9.56. The van der Waals surface area contributed by atoms with Gasteiger partial charge in [0, 0.05) is 34.0 Å². The number of halogens is 2. The second-order valence-electron chi connectivity index (χ2n) is 6.81. The first kappa shape index (κ1) is 23.4. The summed E-state index contributed by atoms with van der Waals surface area (Å²) < 4.78 is 10.8. The summed E-state index contributed by atoms with van der Waals surface area (Å²) in [4.78, 5) is 29.3. The van der Waals surface area contributed by atoms with Crippen LogP contribution in [-0.2, 0) is 11.2 Å². The zero-order valence-corrected chi connectivity index (χ0v) is 19.2. The highest BCUT2D eigenvalue weighted by Gasteiger charge is 2.18. The van der Waals surface area contributed by atoms with Crippen LogP contribution in [0.4, 0.5) is 11.4 Å². The van der Waals surface area contributed by atoms with Crippen molar-refractivity contribution in [2.75, 3.05) is 24.9 Å². The van der Waals surface area contributed by atoms with Crippen molar-refractivity contribution in [1.29, 1.82) is 0 Å².